The number of ether oxygens (including phenoxy) is 1. The van der Waals surface area contributed by atoms with Crippen LogP contribution in [-0.4, -0.2) is 63.7 Å². The van der Waals surface area contributed by atoms with Crippen molar-refractivity contribution in [3.63, 3.8) is 0 Å². The predicted molar refractivity (Wildman–Crippen MR) is 109 cm³/mol. The predicted octanol–water partition coefficient (Wildman–Crippen LogP) is 1.97. The highest BCUT2D eigenvalue weighted by atomic mass is 16.5. The molecule has 2 aliphatic rings. The topological polar surface area (TPSA) is 75.9 Å². The first kappa shape index (κ1) is 17.9. The Kier molecular flexibility index (Phi) is 4.54. The number of methoxy groups -OCH3 is 1. The van der Waals surface area contributed by atoms with Gasteiger partial charge in [0.2, 0.25) is 0 Å². The molecule has 0 N–H and O–H groups in total. The maximum absolute atomic E-state index is 12.9. The Labute approximate surface area is 169 Å². The van der Waals surface area contributed by atoms with E-state index < -0.39 is 0 Å². The van der Waals surface area contributed by atoms with Crippen LogP contribution in [-0.2, 0) is 12.8 Å². The van der Waals surface area contributed by atoms with E-state index in [1.807, 2.05) is 27.6 Å². The second-order valence-electron chi connectivity index (χ2n) is 7.55. The molecule has 0 saturated carbocycles. The number of aryl methyl sites for hydroxylation is 1. The molecule has 0 spiro atoms. The first-order valence-electron chi connectivity index (χ1n) is 10.1. The summed E-state index contributed by atoms with van der Waals surface area (Å²) in [5, 5.41) is 4.43. The number of benzene rings is 1. The van der Waals surface area contributed by atoms with Crippen molar-refractivity contribution in [3.05, 3.63) is 47.4 Å². The molecule has 1 amide bonds. The van der Waals surface area contributed by atoms with Crippen LogP contribution in [0.3, 0.4) is 0 Å². The summed E-state index contributed by atoms with van der Waals surface area (Å²) in [6.45, 7) is 2.87. The van der Waals surface area contributed by atoms with E-state index in [2.05, 4.69) is 15.0 Å². The van der Waals surface area contributed by atoms with Crippen LogP contribution in [0.5, 0.6) is 5.75 Å². The fourth-order valence-electron chi connectivity index (χ4n) is 4.35. The number of anilines is 1. The monoisotopic (exact) mass is 392 g/mol. The maximum atomic E-state index is 12.9. The van der Waals surface area contributed by atoms with Crippen molar-refractivity contribution >= 4 is 17.5 Å². The average Bonchev–Trinajstić information content (AvgIpc) is 3.25. The minimum atomic E-state index is 0.0474. The lowest BCUT2D eigenvalue weighted by Gasteiger charge is -2.37. The van der Waals surface area contributed by atoms with Crippen molar-refractivity contribution < 1.29 is 9.53 Å². The molecule has 5 rings (SSSR count). The number of aromatic nitrogens is 4. The Morgan fingerprint density at radius 3 is 2.76 bits per heavy atom. The van der Waals surface area contributed by atoms with Gasteiger partial charge in [0.1, 0.15) is 17.9 Å². The Morgan fingerprint density at radius 2 is 1.93 bits per heavy atom. The Balaban J connectivity index is 1.38. The van der Waals surface area contributed by atoms with Gasteiger partial charge in [0, 0.05) is 37.3 Å². The van der Waals surface area contributed by atoms with E-state index in [-0.39, 0.29) is 5.91 Å². The van der Waals surface area contributed by atoms with Crippen molar-refractivity contribution in [2.75, 3.05) is 38.2 Å². The number of piperazine rings is 1. The Morgan fingerprint density at radius 1 is 1.10 bits per heavy atom. The standard InChI is InChI=1S/C21H24N6O2/c1-29-16-6-4-5-15(13-16)20(28)26-11-9-25(10-12-26)19-17-7-2-3-8-18(17)24-21-22-14-23-27(19)21/h4-6,13-14H,2-3,7-12H2,1H3. The van der Waals surface area contributed by atoms with Gasteiger partial charge in [-0.1, -0.05) is 6.07 Å². The van der Waals surface area contributed by atoms with E-state index >= 15 is 0 Å². The van der Waals surface area contributed by atoms with Gasteiger partial charge in [0.15, 0.2) is 0 Å². The lowest BCUT2D eigenvalue weighted by Crippen LogP contribution is -2.49. The fourth-order valence-corrected chi connectivity index (χ4v) is 4.35. The number of hydrogen-bond donors (Lipinski definition) is 0. The number of rotatable bonds is 3. The van der Waals surface area contributed by atoms with Gasteiger partial charge in [-0.3, -0.25) is 4.79 Å². The lowest BCUT2D eigenvalue weighted by molar-refractivity contribution is 0.0746. The number of carbonyl (C=O) groups excluding carboxylic acids is 1. The molecule has 150 valence electrons. The summed E-state index contributed by atoms with van der Waals surface area (Å²) in [5.74, 6) is 2.52. The second-order valence-corrected chi connectivity index (χ2v) is 7.55. The zero-order valence-electron chi connectivity index (χ0n) is 16.5. The van der Waals surface area contributed by atoms with Crippen LogP contribution in [0, 0.1) is 0 Å². The summed E-state index contributed by atoms with van der Waals surface area (Å²) in [6, 6.07) is 7.35. The fraction of sp³-hybridized carbons (Fsp3) is 0.429. The van der Waals surface area contributed by atoms with Gasteiger partial charge >= 0.3 is 0 Å². The van der Waals surface area contributed by atoms with Crippen molar-refractivity contribution in [2.24, 2.45) is 0 Å². The number of nitrogens with zero attached hydrogens (tertiary/aromatic N) is 6. The zero-order valence-corrected chi connectivity index (χ0v) is 16.5. The van der Waals surface area contributed by atoms with Crippen molar-refractivity contribution in [1.82, 2.24) is 24.5 Å². The van der Waals surface area contributed by atoms with E-state index in [1.165, 1.54) is 18.4 Å². The van der Waals surface area contributed by atoms with Crippen LogP contribution in [0.4, 0.5) is 5.82 Å². The van der Waals surface area contributed by atoms with E-state index in [0.29, 0.717) is 30.2 Å². The van der Waals surface area contributed by atoms with Gasteiger partial charge in [0.25, 0.3) is 11.7 Å². The number of hydrogen-bond acceptors (Lipinski definition) is 6. The van der Waals surface area contributed by atoms with Crippen LogP contribution in [0.15, 0.2) is 30.6 Å². The molecule has 1 aliphatic carbocycles. The summed E-state index contributed by atoms with van der Waals surface area (Å²) in [7, 11) is 1.61. The molecule has 0 unspecified atom stereocenters. The zero-order chi connectivity index (χ0) is 19.8. The lowest BCUT2D eigenvalue weighted by atomic mass is 9.96. The smallest absolute Gasteiger partial charge is 0.254 e. The molecule has 3 heterocycles. The molecule has 1 saturated heterocycles. The van der Waals surface area contributed by atoms with Crippen molar-refractivity contribution in [3.8, 4) is 5.75 Å². The molecule has 1 fully saturated rings. The van der Waals surface area contributed by atoms with Crippen LogP contribution in [0.25, 0.3) is 5.78 Å². The summed E-state index contributed by atoms with van der Waals surface area (Å²) in [5.41, 5.74) is 3.11. The van der Waals surface area contributed by atoms with E-state index in [1.54, 1.807) is 19.5 Å². The third-order valence-corrected chi connectivity index (χ3v) is 5.86. The molecule has 2 aromatic heterocycles. The van der Waals surface area contributed by atoms with E-state index in [0.717, 1.165) is 37.4 Å². The van der Waals surface area contributed by atoms with Crippen LogP contribution >= 0.6 is 0 Å². The molecular formula is C21H24N6O2. The average molecular weight is 392 g/mol. The van der Waals surface area contributed by atoms with Crippen molar-refractivity contribution in [1.29, 1.82) is 0 Å². The maximum Gasteiger partial charge on any atom is 0.254 e. The van der Waals surface area contributed by atoms with Crippen molar-refractivity contribution in [2.45, 2.75) is 25.7 Å². The van der Waals surface area contributed by atoms with Crippen LogP contribution in [0.2, 0.25) is 0 Å². The summed E-state index contributed by atoms with van der Waals surface area (Å²) < 4.78 is 7.12. The highest BCUT2D eigenvalue weighted by Crippen LogP contribution is 2.30. The van der Waals surface area contributed by atoms with Gasteiger partial charge in [0.05, 0.1) is 12.8 Å². The summed E-state index contributed by atoms with van der Waals surface area (Å²) in [6.07, 6.45) is 5.94. The number of carbonyl (C=O) groups is 1. The molecule has 0 atom stereocenters. The summed E-state index contributed by atoms with van der Waals surface area (Å²) >= 11 is 0. The van der Waals surface area contributed by atoms with Gasteiger partial charge < -0.3 is 14.5 Å². The van der Waals surface area contributed by atoms with E-state index in [9.17, 15) is 4.79 Å². The van der Waals surface area contributed by atoms with E-state index in [4.69, 9.17) is 9.72 Å². The molecule has 0 bridgehead atoms. The summed E-state index contributed by atoms with van der Waals surface area (Å²) in [4.78, 5) is 26.2. The van der Waals surface area contributed by atoms with Crippen LogP contribution < -0.4 is 9.64 Å². The number of fused-ring (bicyclic) bond motifs is 2. The molecule has 29 heavy (non-hydrogen) atoms. The minimum absolute atomic E-state index is 0.0474. The quantitative estimate of drug-likeness (QED) is 0.678. The number of amides is 1. The molecule has 1 aliphatic heterocycles. The van der Waals surface area contributed by atoms with Gasteiger partial charge in [-0.05, 0) is 43.9 Å². The highest BCUT2D eigenvalue weighted by molar-refractivity contribution is 5.94. The highest BCUT2D eigenvalue weighted by Gasteiger charge is 2.28. The van der Waals surface area contributed by atoms with Crippen LogP contribution in [0.1, 0.15) is 34.5 Å². The largest absolute Gasteiger partial charge is 0.497 e. The van der Waals surface area contributed by atoms with Gasteiger partial charge in [-0.25, -0.2) is 4.98 Å². The Hall–Kier alpha value is -3.16. The molecule has 8 heteroatoms. The normalized spacial score (nSPS) is 16.7. The first-order valence-corrected chi connectivity index (χ1v) is 10.1. The first-order chi connectivity index (χ1) is 14.2. The van der Waals surface area contributed by atoms with Gasteiger partial charge in [-0.15, -0.1) is 0 Å². The second kappa shape index (κ2) is 7.35. The SMILES string of the molecule is COc1cccc(C(=O)N2CCN(c3c4c(nc5ncnn35)CCCC4)CC2)c1. The minimum Gasteiger partial charge on any atom is -0.497 e. The third kappa shape index (κ3) is 3.18. The third-order valence-electron chi connectivity index (χ3n) is 5.86. The molecule has 0 radical (unpaired) electrons. The molecule has 3 aromatic rings. The molecule has 1 aromatic carbocycles. The van der Waals surface area contributed by atoms with Gasteiger partial charge in [-0.2, -0.15) is 14.6 Å². The molecular weight excluding hydrogens is 368 g/mol. The Bertz CT molecular complexity index is 1050. The molecule has 8 nitrogen and oxygen atoms in total.